The first-order chi connectivity index (χ1) is 9.90. The van der Waals surface area contributed by atoms with Crippen LogP contribution < -0.4 is 5.73 Å². The van der Waals surface area contributed by atoms with Crippen molar-refractivity contribution in [2.24, 2.45) is 0 Å². The van der Waals surface area contributed by atoms with E-state index in [1.54, 1.807) is 35.5 Å². The highest BCUT2D eigenvalue weighted by Gasteiger charge is 2.36. The number of nitrogen functional groups attached to an aromatic ring is 1. The van der Waals surface area contributed by atoms with Crippen molar-refractivity contribution in [3.63, 3.8) is 0 Å². The molecule has 0 bridgehead atoms. The number of hydrogen-bond acceptors (Lipinski definition) is 5. The Morgan fingerprint density at radius 3 is 2.81 bits per heavy atom. The first-order valence-electron chi connectivity index (χ1n) is 6.96. The number of thioether (sulfide) groups is 1. The minimum absolute atomic E-state index is 0.0406. The molecule has 0 radical (unpaired) electrons. The van der Waals surface area contributed by atoms with Gasteiger partial charge in [-0.05, 0) is 13.0 Å². The molecule has 1 aromatic rings. The van der Waals surface area contributed by atoms with Gasteiger partial charge >= 0.3 is 0 Å². The number of nitrogens with two attached hydrogens (primary N) is 1. The normalized spacial score (nSPS) is 19.7. The molecule has 1 aromatic heterocycles. The van der Waals surface area contributed by atoms with Gasteiger partial charge in [-0.1, -0.05) is 6.92 Å². The molecule has 0 aliphatic carbocycles. The van der Waals surface area contributed by atoms with E-state index in [0.717, 1.165) is 5.75 Å². The Balaban J connectivity index is 2.35. The van der Waals surface area contributed by atoms with Gasteiger partial charge in [0.15, 0.2) is 9.84 Å². The van der Waals surface area contributed by atoms with Crippen LogP contribution in [0.2, 0.25) is 0 Å². The van der Waals surface area contributed by atoms with E-state index in [2.05, 4.69) is 0 Å². The quantitative estimate of drug-likeness (QED) is 0.891. The van der Waals surface area contributed by atoms with Crippen LogP contribution in [0.25, 0.3) is 0 Å². The molecule has 6 nitrogen and oxygen atoms in total. The zero-order chi connectivity index (χ0) is 15.6. The summed E-state index contributed by atoms with van der Waals surface area (Å²) in [6.45, 7) is 4.60. The molecule has 1 unspecified atom stereocenters. The van der Waals surface area contributed by atoms with Crippen LogP contribution >= 0.6 is 11.8 Å². The fraction of sp³-hybridized carbons (Fsp3) is 0.615. The van der Waals surface area contributed by atoms with Crippen molar-refractivity contribution >= 4 is 33.2 Å². The Morgan fingerprint density at radius 1 is 1.48 bits per heavy atom. The van der Waals surface area contributed by atoms with E-state index in [1.807, 2.05) is 6.92 Å². The summed E-state index contributed by atoms with van der Waals surface area (Å²) in [6, 6.07) is 1.61. The second-order valence-electron chi connectivity index (χ2n) is 4.92. The lowest BCUT2D eigenvalue weighted by Gasteiger charge is -2.34. The molecule has 118 valence electrons. The largest absolute Gasteiger partial charge is 0.397 e. The van der Waals surface area contributed by atoms with Gasteiger partial charge in [-0.3, -0.25) is 4.79 Å². The molecule has 1 fully saturated rings. The standard InChI is InChI=1S/C13H21N3O3S2/c1-3-15-8-10(14)7-11(15)13(17)16-5-6-20-9-12(16)21(18,19)4-2/h7-8,12H,3-6,9,14H2,1-2H3. The Hall–Kier alpha value is -1.15. The zero-order valence-electron chi connectivity index (χ0n) is 12.3. The molecule has 2 heterocycles. The predicted molar refractivity (Wildman–Crippen MR) is 86.1 cm³/mol. The average molecular weight is 331 g/mol. The third kappa shape index (κ3) is 3.21. The van der Waals surface area contributed by atoms with Gasteiger partial charge in [-0.25, -0.2) is 8.42 Å². The van der Waals surface area contributed by atoms with E-state index in [1.165, 1.54) is 4.90 Å². The van der Waals surface area contributed by atoms with Crippen LogP contribution in [0.15, 0.2) is 12.3 Å². The van der Waals surface area contributed by atoms with Crippen molar-refractivity contribution in [2.75, 3.05) is 29.5 Å². The van der Waals surface area contributed by atoms with Gasteiger partial charge in [0.2, 0.25) is 0 Å². The topological polar surface area (TPSA) is 85.4 Å². The van der Waals surface area contributed by atoms with Crippen molar-refractivity contribution in [3.8, 4) is 0 Å². The van der Waals surface area contributed by atoms with Gasteiger partial charge in [0.05, 0.1) is 5.69 Å². The van der Waals surface area contributed by atoms with E-state index in [9.17, 15) is 13.2 Å². The van der Waals surface area contributed by atoms with Crippen LogP contribution in [0.3, 0.4) is 0 Å². The van der Waals surface area contributed by atoms with Crippen molar-refractivity contribution in [2.45, 2.75) is 25.8 Å². The number of amides is 1. The average Bonchev–Trinajstić information content (AvgIpc) is 2.87. The van der Waals surface area contributed by atoms with Gasteiger partial charge in [0.1, 0.15) is 11.1 Å². The lowest BCUT2D eigenvalue weighted by Crippen LogP contribution is -2.51. The first kappa shape index (κ1) is 16.2. The number of nitrogens with zero attached hydrogens (tertiary/aromatic N) is 2. The lowest BCUT2D eigenvalue weighted by atomic mass is 10.3. The maximum Gasteiger partial charge on any atom is 0.271 e. The molecular weight excluding hydrogens is 310 g/mol. The van der Waals surface area contributed by atoms with Crippen LogP contribution in [-0.4, -0.2) is 53.0 Å². The number of aryl methyl sites for hydroxylation is 1. The summed E-state index contributed by atoms with van der Waals surface area (Å²) in [5, 5.41) is -0.741. The number of anilines is 1. The highest BCUT2D eigenvalue weighted by molar-refractivity contribution is 8.01. The molecule has 2 N–H and O–H groups in total. The monoisotopic (exact) mass is 331 g/mol. The van der Waals surface area contributed by atoms with Crippen molar-refractivity contribution < 1.29 is 13.2 Å². The highest BCUT2D eigenvalue weighted by atomic mass is 32.2. The van der Waals surface area contributed by atoms with Crippen molar-refractivity contribution in [1.82, 2.24) is 9.47 Å². The molecular formula is C13H21N3O3S2. The Morgan fingerprint density at radius 2 is 2.19 bits per heavy atom. The predicted octanol–water partition coefficient (Wildman–Crippen LogP) is 1.04. The summed E-state index contributed by atoms with van der Waals surface area (Å²) >= 11 is 1.57. The van der Waals surface area contributed by atoms with Gasteiger partial charge < -0.3 is 15.2 Å². The smallest absolute Gasteiger partial charge is 0.271 e. The second kappa shape index (κ2) is 6.31. The minimum Gasteiger partial charge on any atom is -0.397 e. The van der Waals surface area contributed by atoms with Gasteiger partial charge in [0, 0.05) is 36.5 Å². The molecule has 1 aliphatic heterocycles. The molecule has 21 heavy (non-hydrogen) atoms. The van der Waals surface area contributed by atoms with Crippen molar-refractivity contribution in [1.29, 1.82) is 0 Å². The molecule has 2 rings (SSSR count). The second-order valence-corrected chi connectivity index (χ2v) is 8.52. The summed E-state index contributed by atoms with van der Waals surface area (Å²) in [4.78, 5) is 14.2. The Kier molecular flexibility index (Phi) is 4.88. The summed E-state index contributed by atoms with van der Waals surface area (Å²) in [6.07, 6.45) is 1.70. The van der Waals surface area contributed by atoms with Gasteiger partial charge in [-0.2, -0.15) is 11.8 Å². The Bertz CT molecular complexity index is 625. The van der Waals surface area contributed by atoms with Gasteiger partial charge in [0.25, 0.3) is 5.91 Å². The third-order valence-electron chi connectivity index (χ3n) is 3.64. The molecule has 0 aromatic carbocycles. The molecule has 1 aliphatic rings. The summed E-state index contributed by atoms with van der Waals surface area (Å²) < 4.78 is 26.2. The number of carbonyl (C=O) groups is 1. The maximum atomic E-state index is 12.7. The fourth-order valence-electron chi connectivity index (χ4n) is 2.42. The maximum absolute atomic E-state index is 12.7. The summed E-state index contributed by atoms with van der Waals surface area (Å²) in [7, 11) is -3.29. The molecule has 1 atom stereocenters. The van der Waals surface area contributed by atoms with E-state index in [0.29, 0.717) is 30.2 Å². The van der Waals surface area contributed by atoms with E-state index in [4.69, 9.17) is 5.73 Å². The number of sulfone groups is 1. The highest BCUT2D eigenvalue weighted by Crippen LogP contribution is 2.24. The van der Waals surface area contributed by atoms with Crippen LogP contribution in [0, 0.1) is 0 Å². The first-order valence-corrected chi connectivity index (χ1v) is 9.83. The molecule has 8 heteroatoms. The number of aromatic nitrogens is 1. The number of hydrogen-bond donors (Lipinski definition) is 1. The van der Waals surface area contributed by atoms with E-state index >= 15 is 0 Å². The summed E-state index contributed by atoms with van der Waals surface area (Å²) in [5.41, 5.74) is 6.73. The minimum atomic E-state index is -3.29. The van der Waals surface area contributed by atoms with Crippen LogP contribution in [0.4, 0.5) is 5.69 Å². The third-order valence-corrected chi connectivity index (χ3v) is 6.93. The SMILES string of the molecule is CCn1cc(N)cc1C(=O)N1CCSCC1S(=O)(=O)CC. The number of carbonyl (C=O) groups excluding carboxylic acids is 1. The van der Waals surface area contributed by atoms with Gasteiger partial charge in [-0.15, -0.1) is 0 Å². The molecule has 0 spiro atoms. The fourth-order valence-corrected chi connectivity index (χ4v) is 5.39. The lowest BCUT2D eigenvalue weighted by molar-refractivity contribution is 0.0738. The zero-order valence-corrected chi connectivity index (χ0v) is 13.9. The summed E-state index contributed by atoms with van der Waals surface area (Å²) in [5.74, 6) is 0.975. The Labute approximate surface area is 129 Å². The van der Waals surface area contributed by atoms with E-state index in [-0.39, 0.29) is 11.7 Å². The van der Waals surface area contributed by atoms with Crippen LogP contribution in [0.5, 0.6) is 0 Å². The molecule has 0 saturated carbocycles. The van der Waals surface area contributed by atoms with Crippen LogP contribution in [0.1, 0.15) is 24.3 Å². The molecule has 1 saturated heterocycles. The molecule has 1 amide bonds. The van der Waals surface area contributed by atoms with Crippen LogP contribution in [-0.2, 0) is 16.4 Å². The number of rotatable bonds is 4. The van der Waals surface area contributed by atoms with Crippen molar-refractivity contribution in [3.05, 3.63) is 18.0 Å². The van der Waals surface area contributed by atoms with E-state index < -0.39 is 15.2 Å².